The summed E-state index contributed by atoms with van der Waals surface area (Å²) in [5, 5.41) is 0.615. The van der Waals surface area contributed by atoms with Crippen LogP contribution in [0.1, 0.15) is 0 Å². The zero-order valence-electron chi connectivity index (χ0n) is 5.57. The number of hydrogen-bond donors (Lipinski definition) is 1. The second-order valence-corrected chi connectivity index (χ2v) is 2.68. The summed E-state index contributed by atoms with van der Waals surface area (Å²) in [6.45, 7) is 0. The Morgan fingerprint density at radius 3 is 2.73 bits per heavy atom. The van der Waals surface area contributed by atoms with Crippen molar-refractivity contribution in [1.82, 2.24) is 4.98 Å². The fourth-order valence-electron chi connectivity index (χ4n) is 1.07. The lowest BCUT2D eigenvalue weighted by Gasteiger charge is -1.84. The number of para-hydroxylation sites is 1. The average Bonchev–Trinajstić information content (AvgIpc) is 2.30. The molecule has 0 bridgehead atoms. The highest BCUT2D eigenvalue weighted by atomic mass is 35.5. The third-order valence-corrected chi connectivity index (χ3v) is 1.86. The third kappa shape index (κ3) is 0.906. The zero-order valence-corrected chi connectivity index (χ0v) is 6.32. The van der Waals surface area contributed by atoms with Crippen LogP contribution in [0, 0.1) is 5.82 Å². The van der Waals surface area contributed by atoms with Gasteiger partial charge in [0.05, 0.1) is 0 Å². The molecule has 0 amide bonds. The highest BCUT2D eigenvalue weighted by Crippen LogP contribution is 2.23. The molecule has 1 aromatic carbocycles. The van der Waals surface area contributed by atoms with Crippen molar-refractivity contribution in [1.29, 1.82) is 0 Å². The molecule has 0 aliphatic carbocycles. The van der Waals surface area contributed by atoms with Crippen LogP contribution < -0.4 is 0 Å². The van der Waals surface area contributed by atoms with Gasteiger partial charge in [-0.15, -0.1) is 0 Å². The minimum absolute atomic E-state index is 0.0752. The first-order valence-corrected chi connectivity index (χ1v) is 3.58. The number of halogens is 2. The maximum absolute atomic E-state index is 13.0. The molecular weight excluding hydrogens is 165 g/mol. The molecule has 56 valence electrons. The minimum Gasteiger partial charge on any atom is -0.343 e. The first kappa shape index (κ1) is 6.68. The normalized spacial score (nSPS) is 10.7. The summed E-state index contributed by atoms with van der Waals surface area (Å²) < 4.78 is 13.0. The minimum atomic E-state index is -0.373. The summed E-state index contributed by atoms with van der Waals surface area (Å²) >= 11 is 5.52. The second-order valence-electron chi connectivity index (χ2n) is 2.30. The molecular formula is C8H5ClFN. The lowest BCUT2D eigenvalue weighted by atomic mass is 10.2. The van der Waals surface area contributed by atoms with Crippen molar-refractivity contribution in [2.75, 3.05) is 0 Å². The molecule has 0 spiro atoms. The number of aromatic amines is 1. The third-order valence-electron chi connectivity index (χ3n) is 1.60. The van der Waals surface area contributed by atoms with Gasteiger partial charge in [0.15, 0.2) is 5.82 Å². The van der Waals surface area contributed by atoms with Crippen LogP contribution >= 0.6 is 11.6 Å². The Kier molecular flexibility index (Phi) is 1.36. The van der Waals surface area contributed by atoms with E-state index >= 15 is 0 Å². The van der Waals surface area contributed by atoms with Gasteiger partial charge in [-0.05, 0) is 12.1 Å². The Morgan fingerprint density at radius 1 is 1.27 bits per heavy atom. The average molecular weight is 170 g/mol. The smallest absolute Gasteiger partial charge is 0.167 e. The zero-order chi connectivity index (χ0) is 7.84. The summed E-state index contributed by atoms with van der Waals surface area (Å²) in [6.07, 6.45) is 0. The van der Waals surface area contributed by atoms with Crippen molar-refractivity contribution < 1.29 is 4.39 Å². The first-order valence-electron chi connectivity index (χ1n) is 3.21. The number of hydrogen-bond acceptors (Lipinski definition) is 0. The molecule has 0 unspecified atom stereocenters. The lowest BCUT2D eigenvalue weighted by molar-refractivity contribution is 0.640. The molecule has 2 rings (SSSR count). The van der Waals surface area contributed by atoms with Gasteiger partial charge in [0.1, 0.15) is 5.15 Å². The molecule has 2 aromatic rings. The molecule has 0 fully saturated rings. The van der Waals surface area contributed by atoms with Crippen LogP contribution in [0.25, 0.3) is 10.9 Å². The Bertz CT molecular complexity index is 394. The van der Waals surface area contributed by atoms with Crippen LogP contribution in [-0.4, -0.2) is 4.98 Å². The number of aromatic nitrogens is 1. The van der Waals surface area contributed by atoms with E-state index in [1.165, 1.54) is 0 Å². The fraction of sp³-hybridized carbons (Fsp3) is 0. The van der Waals surface area contributed by atoms with Gasteiger partial charge < -0.3 is 4.98 Å². The first-order chi connectivity index (χ1) is 5.29. The van der Waals surface area contributed by atoms with Crippen LogP contribution in [0.3, 0.4) is 0 Å². The predicted molar refractivity (Wildman–Crippen MR) is 43.3 cm³/mol. The second kappa shape index (κ2) is 2.24. The molecule has 0 saturated carbocycles. The van der Waals surface area contributed by atoms with E-state index in [1.54, 1.807) is 18.2 Å². The van der Waals surface area contributed by atoms with Crippen molar-refractivity contribution in [3.05, 3.63) is 35.2 Å². The highest BCUT2D eigenvalue weighted by Gasteiger charge is 2.06. The van der Waals surface area contributed by atoms with Crippen molar-refractivity contribution in [3.8, 4) is 0 Å². The van der Waals surface area contributed by atoms with Crippen molar-refractivity contribution >= 4 is 22.5 Å². The molecule has 1 nitrogen and oxygen atoms in total. The predicted octanol–water partition coefficient (Wildman–Crippen LogP) is 2.96. The summed E-state index contributed by atoms with van der Waals surface area (Å²) in [7, 11) is 0. The van der Waals surface area contributed by atoms with E-state index < -0.39 is 0 Å². The van der Waals surface area contributed by atoms with Crippen LogP contribution in [0.2, 0.25) is 5.15 Å². The van der Waals surface area contributed by atoms with E-state index in [-0.39, 0.29) is 11.0 Å². The van der Waals surface area contributed by atoms with Gasteiger partial charge in [0, 0.05) is 10.9 Å². The maximum atomic E-state index is 13.0. The Morgan fingerprint density at radius 2 is 2.00 bits per heavy atom. The summed E-state index contributed by atoms with van der Waals surface area (Å²) in [6, 6.07) is 7.07. The molecule has 1 heterocycles. The molecule has 0 saturated heterocycles. The van der Waals surface area contributed by atoms with Gasteiger partial charge in [0.2, 0.25) is 0 Å². The highest BCUT2D eigenvalue weighted by molar-refractivity contribution is 6.30. The Labute approximate surface area is 67.8 Å². The molecule has 0 aliphatic heterocycles. The Balaban J connectivity index is 2.92. The molecule has 0 atom stereocenters. The number of H-pyrrole nitrogens is 1. The van der Waals surface area contributed by atoms with Crippen LogP contribution in [-0.2, 0) is 0 Å². The Hall–Kier alpha value is -1.02. The number of fused-ring (bicyclic) bond motifs is 1. The van der Waals surface area contributed by atoms with E-state index in [1.807, 2.05) is 6.07 Å². The SMILES string of the molecule is Fc1c(Cl)[nH]c2ccccc12. The van der Waals surface area contributed by atoms with E-state index in [0.29, 0.717) is 5.39 Å². The van der Waals surface area contributed by atoms with Crippen molar-refractivity contribution in [2.45, 2.75) is 0 Å². The van der Waals surface area contributed by atoms with Gasteiger partial charge in [-0.25, -0.2) is 4.39 Å². The largest absolute Gasteiger partial charge is 0.343 e. The topological polar surface area (TPSA) is 15.8 Å². The van der Waals surface area contributed by atoms with E-state index in [9.17, 15) is 4.39 Å². The lowest BCUT2D eigenvalue weighted by Crippen LogP contribution is -1.66. The molecule has 1 N–H and O–H groups in total. The number of rotatable bonds is 0. The number of nitrogens with one attached hydrogen (secondary N) is 1. The van der Waals surface area contributed by atoms with Gasteiger partial charge in [-0.1, -0.05) is 23.7 Å². The molecule has 0 radical (unpaired) electrons. The van der Waals surface area contributed by atoms with Crippen molar-refractivity contribution in [2.24, 2.45) is 0 Å². The van der Waals surface area contributed by atoms with E-state index in [0.717, 1.165) is 5.52 Å². The number of benzene rings is 1. The van der Waals surface area contributed by atoms with Gasteiger partial charge >= 0.3 is 0 Å². The standard InChI is InChI=1S/C8H5ClFN/c9-8-7(10)5-3-1-2-4-6(5)11-8/h1-4,11H. The van der Waals surface area contributed by atoms with E-state index in [4.69, 9.17) is 11.6 Å². The van der Waals surface area contributed by atoms with Crippen LogP contribution in [0.5, 0.6) is 0 Å². The molecule has 3 heteroatoms. The van der Waals surface area contributed by atoms with E-state index in [2.05, 4.69) is 4.98 Å². The quantitative estimate of drug-likeness (QED) is 0.624. The fourth-order valence-corrected chi connectivity index (χ4v) is 1.28. The van der Waals surface area contributed by atoms with Crippen LogP contribution in [0.4, 0.5) is 4.39 Å². The molecule has 1 aromatic heterocycles. The summed E-state index contributed by atoms with van der Waals surface area (Å²) in [5.41, 5.74) is 0.731. The van der Waals surface area contributed by atoms with Gasteiger partial charge in [0.25, 0.3) is 0 Å². The van der Waals surface area contributed by atoms with Crippen molar-refractivity contribution in [3.63, 3.8) is 0 Å². The van der Waals surface area contributed by atoms with Gasteiger partial charge in [-0.3, -0.25) is 0 Å². The maximum Gasteiger partial charge on any atom is 0.167 e. The van der Waals surface area contributed by atoms with Gasteiger partial charge in [-0.2, -0.15) is 0 Å². The summed E-state index contributed by atoms with van der Waals surface area (Å²) in [5.74, 6) is -0.373. The molecule has 11 heavy (non-hydrogen) atoms. The summed E-state index contributed by atoms with van der Waals surface area (Å²) in [4.78, 5) is 2.72. The van der Waals surface area contributed by atoms with Crippen LogP contribution in [0.15, 0.2) is 24.3 Å². The monoisotopic (exact) mass is 169 g/mol. The molecule has 0 aliphatic rings.